The van der Waals surface area contributed by atoms with Crippen LogP contribution in [-0.2, 0) is 16.1 Å². The number of nitrogens with one attached hydrogen (secondary N) is 1. The lowest BCUT2D eigenvalue weighted by molar-refractivity contribution is -0.144. The van der Waals surface area contributed by atoms with Crippen LogP contribution < -0.4 is 10.9 Å². The van der Waals surface area contributed by atoms with Gasteiger partial charge in [0.05, 0.1) is 7.11 Å². The Labute approximate surface area is 153 Å². The van der Waals surface area contributed by atoms with E-state index in [0.29, 0.717) is 19.6 Å². The molecule has 0 radical (unpaired) electrons. The Balaban J connectivity index is 1.74. The minimum atomic E-state index is -0.644. The molecule has 2 bridgehead atoms. The number of urea groups is 1. The van der Waals surface area contributed by atoms with Gasteiger partial charge < -0.3 is 19.5 Å². The van der Waals surface area contributed by atoms with E-state index in [9.17, 15) is 14.4 Å². The molecule has 2 aliphatic rings. The van der Waals surface area contributed by atoms with Crippen LogP contribution in [0.2, 0.25) is 0 Å². The van der Waals surface area contributed by atoms with Gasteiger partial charge in [-0.25, -0.2) is 9.59 Å². The normalized spacial score (nSPS) is 23.6. The van der Waals surface area contributed by atoms with Crippen LogP contribution in [0.1, 0.15) is 38.3 Å². The number of aromatic nitrogens is 1. The summed E-state index contributed by atoms with van der Waals surface area (Å²) in [6.45, 7) is 5.70. The highest BCUT2D eigenvalue weighted by atomic mass is 16.5. The topological polar surface area (TPSA) is 80.6 Å². The van der Waals surface area contributed by atoms with Crippen molar-refractivity contribution in [3.63, 3.8) is 0 Å². The molecule has 1 N–H and O–H groups in total. The van der Waals surface area contributed by atoms with Crippen LogP contribution in [0.3, 0.4) is 0 Å². The molecule has 1 aromatic heterocycles. The maximum Gasteiger partial charge on any atom is 0.328 e. The fourth-order valence-corrected chi connectivity index (χ4v) is 4.08. The van der Waals surface area contributed by atoms with Crippen molar-refractivity contribution in [2.24, 2.45) is 11.8 Å². The molecule has 7 nitrogen and oxygen atoms in total. The number of ether oxygens (including phenoxy) is 1. The van der Waals surface area contributed by atoms with Crippen LogP contribution in [0.25, 0.3) is 0 Å². The van der Waals surface area contributed by atoms with Crippen LogP contribution >= 0.6 is 0 Å². The predicted octanol–water partition coefficient (Wildman–Crippen LogP) is 1.56. The maximum absolute atomic E-state index is 12.8. The first-order valence-electron chi connectivity index (χ1n) is 9.27. The van der Waals surface area contributed by atoms with E-state index >= 15 is 0 Å². The minimum Gasteiger partial charge on any atom is -0.467 e. The molecule has 142 valence electrons. The molecule has 4 atom stereocenters. The first-order chi connectivity index (χ1) is 12.4. The number of carbonyl (C=O) groups excluding carboxylic acids is 2. The van der Waals surface area contributed by atoms with Gasteiger partial charge in [0.15, 0.2) is 0 Å². The van der Waals surface area contributed by atoms with E-state index in [4.69, 9.17) is 4.74 Å². The second kappa shape index (κ2) is 7.51. The lowest BCUT2D eigenvalue weighted by Crippen LogP contribution is -2.55. The Kier molecular flexibility index (Phi) is 5.34. The van der Waals surface area contributed by atoms with Gasteiger partial charge in [-0.3, -0.25) is 4.79 Å². The molecule has 0 aliphatic carbocycles. The van der Waals surface area contributed by atoms with E-state index < -0.39 is 12.0 Å². The first-order valence-corrected chi connectivity index (χ1v) is 9.27. The third-order valence-corrected chi connectivity index (χ3v) is 5.71. The number of nitrogens with zero attached hydrogens (tertiary/aromatic N) is 2. The van der Waals surface area contributed by atoms with Gasteiger partial charge in [0.1, 0.15) is 6.04 Å². The van der Waals surface area contributed by atoms with Gasteiger partial charge in [-0.2, -0.15) is 0 Å². The van der Waals surface area contributed by atoms with Crippen molar-refractivity contribution in [3.05, 3.63) is 34.2 Å². The number of esters is 1. The predicted molar refractivity (Wildman–Crippen MR) is 96.9 cm³/mol. The molecule has 1 fully saturated rings. The van der Waals surface area contributed by atoms with E-state index in [1.165, 1.54) is 7.11 Å². The molecule has 0 saturated carbocycles. The Bertz CT molecular complexity index is 745. The number of likely N-dealkylation sites (tertiary alicyclic amines) is 1. The number of pyridine rings is 1. The number of hydrogen-bond donors (Lipinski definition) is 1. The van der Waals surface area contributed by atoms with Crippen LogP contribution in [0.15, 0.2) is 23.0 Å². The summed E-state index contributed by atoms with van der Waals surface area (Å²) in [5.41, 5.74) is 1.02. The number of rotatable bonds is 4. The number of piperidine rings is 1. The molecule has 2 amide bonds. The fraction of sp³-hybridized carbons (Fsp3) is 0.632. The SMILES string of the molecule is CCC(C)[C@H](NC(=O)N1C[C@@H]2C[C@H](C1)c1cccc(=O)n1C2)C(=O)OC. The zero-order chi connectivity index (χ0) is 18.8. The second-order valence-electron chi connectivity index (χ2n) is 7.44. The van der Waals surface area contributed by atoms with Gasteiger partial charge in [-0.1, -0.05) is 26.3 Å². The van der Waals surface area contributed by atoms with Crippen molar-refractivity contribution >= 4 is 12.0 Å². The Morgan fingerprint density at radius 1 is 1.31 bits per heavy atom. The molecular weight excluding hydrogens is 334 g/mol. The molecule has 1 aromatic rings. The summed E-state index contributed by atoms with van der Waals surface area (Å²) < 4.78 is 6.69. The lowest BCUT2D eigenvalue weighted by atomic mass is 9.83. The van der Waals surface area contributed by atoms with Crippen molar-refractivity contribution in [1.29, 1.82) is 0 Å². The van der Waals surface area contributed by atoms with Crippen molar-refractivity contribution in [2.75, 3.05) is 20.2 Å². The number of hydrogen-bond acceptors (Lipinski definition) is 4. The fourth-order valence-electron chi connectivity index (χ4n) is 4.08. The molecule has 0 spiro atoms. The molecule has 1 saturated heterocycles. The standard InChI is InChI=1S/C19H27N3O4/c1-4-12(2)17(18(24)26-3)20-19(25)21-9-13-8-14(11-21)15-6-5-7-16(23)22(15)10-13/h5-7,12-14,17H,4,8-11H2,1-3H3,(H,20,25)/t12?,13-,14+,17-/m0/s1. The maximum atomic E-state index is 12.8. The van der Waals surface area contributed by atoms with E-state index in [0.717, 1.165) is 18.5 Å². The molecule has 26 heavy (non-hydrogen) atoms. The Morgan fingerprint density at radius 2 is 2.08 bits per heavy atom. The molecule has 3 rings (SSSR count). The molecular formula is C19H27N3O4. The van der Waals surface area contributed by atoms with E-state index in [1.807, 2.05) is 24.5 Å². The average Bonchev–Trinajstić information content (AvgIpc) is 2.65. The summed E-state index contributed by atoms with van der Waals surface area (Å²) in [5, 5.41) is 2.86. The Hall–Kier alpha value is -2.31. The Morgan fingerprint density at radius 3 is 2.77 bits per heavy atom. The van der Waals surface area contributed by atoms with Gasteiger partial charge in [0, 0.05) is 37.3 Å². The van der Waals surface area contributed by atoms with Gasteiger partial charge in [-0.05, 0) is 24.3 Å². The smallest absolute Gasteiger partial charge is 0.328 e. The zero-order valence-corrected chi connectivity index (χ0v) is 15.6. The van der Waals surface area contributed by atoms with Crippen molar-refractivity contribution in [1.82, 2.24) is 14.8 Å². The quantitative estimate of drug-likeness (QED) is 0.826. The third-order valence-electron chi connectivity index (χ3n) is 5.71. The highest BCUT2D eigenvalue weighted by molar-refractivity contribution is 5.84. The summed E-state index contributed by atoms with van der Waals surface area (Å²) in [7, 11) is 1.34. The van der Waals surface area contributed by atoms with E-state index in [-0.39, 0.29) is 29.3 Å². The molecule has 1 unspecified atom stereocenters. The lowest BCUT2D eigenvalue weighted by Gasteiger charge is -2.43. The summed E-state index contributed by atoms with van der Waals surface area (Å²) in [5.74, 6) is -0.00797. The van der Waals surface area contributed by atoms with Gasteiger partial charge in [0.2, 0.25) is 0 Å². The first kappa shape index (κ1) is 18.5. The van der Waals surface area contributed by atoms with Crippen LogP contribution in [0.5, 0.6) is 0 Å². The molecule has 3 heterocycles. The number of carbonyl (C=O) groups is 2. The van der Waals surface area contributed by atoms with E-state index in [1.54, 1.807) is 17.0 Å². The molecule has 2 aliphatic heterocycles. The van der Waals surface area contributed by atoms with Crippen LogP contribution in [-0.4, -0.2) is 47.7 Å². The number of methoxy groups -OCH3 is 1. The summed E-state index contributed by atoms with van der Waals surface area (Å²) >= 11 is 0. The second-order valence-corrected chi connectivity index (χ2v) is 7.44. The van der Waals surface area contributed by atoms with Crippen molar-refractivity contribution in [2.45, 2.75) is 45.2 Å². The summed E-state index contributed by atoms with van der Waals surface area (Å²) in [6, 6.07) is 4.46. The monoisotopic (exact) mass is 361 g/mol. The minimum absolute atomic E-state index is 0.00464. The zero-order valence-electron chi connectivity index (χ0n) is 15.6. The van der Waals surface area contributed by atoms with Gasteiger partial charge in [0.25, 0.3) is 5.56 Å². The van der Waals surface area contributed by atoms with Crippen LogP contribution in [0, 0.1) is 11.8 Å². The summed E-state index contributed by atoms with van der Waals surface area (Å²) in [6.07, 6.45) is 1.75. The van der Waals surface area contributed by atoms with Crippen molar-refractivity contribution in [3.8, 4) is 0 Å². The molecule has 0 aromatic carbocycles. The number of amides is 2. The average molecular weight is 361 g/mol. The van der Waals surface area contributed by atoms with Crippen LogP contribution in [0.4, 0.5) is 4.79 Å². The largest absolute Gasteiger partial charge is 0.467 e. The van der Waals surface area contributed by atoms with Gasteiger partial charge >= 0.3 is 12.0 Å². The summed E-state index contributed by atoms with van der Waals surface area (Å²) in [4.78, 5) is 38.7. The third kappa shape index (κ3) is 3.48. The van der Waals surface area contributed by atoms with Gasteiger partial charge in [-0.15, -0.1) is 0 Å². The van der Waals surface area contributed by atoms with Crippen molar-refractivity contribution < 1.29 is 14.3 Å². The number of fused-ring (bicyclic) bond motifs is 4. The van der Waals surface area contributed by atoms with E-state index in [2.05, 4.69) is 5.32 Å². The highest BCUT2D eigenvalue weighted by Crippen LogP contribution is 2.34. The molecule has 7 heteroatoms. The highest BCUT2D eigenvalue weighted by Gasteiger charge is 2.37.